The lowest BCUT2D eigenvalue weighted by Gasteiger charge is -2.28. The Morgan fingerprint density at radius 2 is 2.04 bits per heavy atom. The molecule has 1 saturated heterocycles. The number of benzene rings is 1. The van der Waals surface area contributed by atoms with Crippen molar-refractivity contribution in [3.05, 3.63) is 33.8 Å². The minimum absolute atomic E-state index is 0.0342. The van der Waals surface area contributed by atoms with E-state index in [1.54, 1.807) is 6.07 Å². The maximum atomic E-state index is 6.22. The Balaban J connectivity index is 1.81. The minimum atomic E-state index is -0.0342. The van der Waals surface area contributed by atoms with Crippen LogP contribution in [-0.2, 0) is 4.74 Å². The highest BCUT2D eigenvalue weighted by molar-refractivity contribution is 6.35. The molecule has 7 heteroatoms. The van der Waals surface area contributed by atoms with Crippen molar-refractivity contribution < 1.29 is 4.74 Å². The second kappa shape index (κ2) is 9.47. The zero-order valence-corrected chi connectivity index (χ0v) is 15.8. The molecule has 1 aliphatic heterocycles. The van der Waals surface area contributed by atoms with Gasteiger partial charge in [0.05, 0.1) is 19.3 Å². The second-order valence-electron chi connectivity index (χ2n) is 6.28. The summed E-state index contributed by atoms with van der Waals surface area (Å²) in [5.74, 6) is 0.875. The second-order valence-corrected chi connectivity index (χ2v) is 7.12. The lowest BCUT2D eigenvalue weighted by molar-refractivity contribution is 0.0323. The maximum Gasteiger partial charge on any atom is 0.189 e. The predicted molar refractivity (Wildman–Crippen MR) is 101 cm³/mol. The molecule has 2 unspecified atom stereocenters. The fourth-order valence-electron chi connectivity index (χ4n) is 2.73. The number of ether oxygens (including phenoxy) is 1. The molecule has 1 fully saturated rings. The summed E-state index contributed by atoms with van der Waals surface area (Å²) in [6, 6.07) is 5.41. The Hall–Kier alpha value is -1.01. The summed E-state index contributed by atoms with van der Waals surface area (Å²) in [5.41, 5.74) is 6.95. The molecular weight excluding hydrogens is 347 g/mol. The Kier molecular flexibility index (Phi) is 7.62. The largest absolute Gasteiger partial charge is 0.379 e. The van der Waals surface area contributed by atoms with Gasteiger partial charge in [0.25, 0.3) is 0 Å². The van der Waals surface area contributed by atoms with Gasteiger partial charge in [-0.2, -0.15) is 0 Å². The number of nitrogens with one attached hydrogen (secondary N) is 1. The lowest BCUT2D eigenvalue weighted by atomic mass is 10.1. The molecule has 0 amide bonds. The fourth-order valence-corrected chi connectivity index (χ4v) is 3.31. The monoisotopic (exact) mass is 372 g/mol. The fraction of sp³-hybridized carbons (Fsp3) is 0.588. The zero-order chi connectivity index (χ0) is 17.5. The molecule has 3 N–H and O–H groups in total. The Labute approximate surface area is 154 Å². The molecule has 24 heavy (non-hydrogen) atoms. The zero-order valence-electron chi connectivity index (χ0n) is 14.3. The highest BCUT2D eigenvalue weighted by Gasteiger charge is 2.14. The Morgan fingerprint density at radius 1 is 1.33 bits per heavy atom. The molecule has 1 aromatic carbocycles. The average molecular weight is 373 g/mol. The molecule has 0 bridgehead atoms. The van der Waals surface area contributed by atoms with Crippen molar-refractivity contribution in [2.24, 2.45) is 16.6 Å². The third-order valence-electron chi connectivity index (χ3n) is 4.04. The lowest BCUT2D eigenvalue weighted by Crippen LogP contribution is -2.40. The molecule has 134 valence electrons. The van der Waals surface area contributed by atoms with Crippen LogP contribution in [0.4, 0.5) is 0 Å². The molecule has 1 aromatic rings. The average Bonchev–Trinajstić information content (AvgIpc) is 2.53. The molecule has 0 radical (unpaired) electrons. The number of aliphatic imine (C=N–C) groups is 1. The van der Waals surface area contributed by atoms with Gasteiger partial charge in [0.1, 0.15) is 0 Å². The summed E-state index contributed by atoms with van der Waals surface area (Å²) < 4.78 is 5.36. The molecule has 2 atom stereocenters. The third kappa shape index (κ3) is 6.13. The van der Waals surface area contributed by atoms with Gasteiger partial charge in [0.2, 0.25) is 0 Å². The van der Waals surface area contributed by atoms with Crippen molar-refractivity contribution in [3.63, 3.8) is 0 Å². The van der Waals surface area contributed by atoms with E-state index in [0.29, 0.717) is 28.5 Å². The maximum absolute atomic E-state index is 6.22. The van der Waals surface area contributed by atoms with E-state index in [1.807, 2.05) is 19.1 Å². The van der Waals surface area contributed by atoms with Crippen molar-refractivity contribution in [1.82, 2.24) is 10.2 Å². The third-order valence-corrected chi connectivity index (χ3v) is 4.60. The minimum Gasteiger partial charge on any atom is -0.379 e. The Morgan fingerprint density at radius 3 is 2.71 bits per heavy atom. The summed E-state index contributed by atoms with van der Waals surface area (Å²) >= 11 is 12.1. The highest BCUT2D eigenvalue weighted by atomic mass is 35.5. The van der Waals surface area contributed by atoms with E-state index in [9.17, 15) is 0 Å². The number of hydrogen-bond donors (Lipinski definition) is 2. The van der Waals surface area contributed by atoms with Crippen LogP contribution in [0.3, 0.4) is 0 Å². The standard InChI is InChI=1S/C17H26Cl2N4O/c1-12(11-23-5-7-24-8-6-23)10-21-17(20)22-13(2)15-4-3-14(18)9-16(15)19/h3-4,9,12-13H,5-8,10-11H2,1-2H3,(H3,20,21,22). The molecule has 1 aliphatic rings. The first-order chi connectivity index (χ1) is 11.5. The quantitative estimate of drug-likeness (QED) is 0.595. The smallest absolute Gasteiger partial charge is 0.189 e. The van der Waals surface area contributed by atoms with Crippen molar-refractivity contribution in [1.29, 1.82) is 0 Å². The van der Waals surface area contributed by atoms with Gasteiger partial charge in [-0.1, -0.05) is 36.2 Å². The van der Waals surface area contributed by atoms with Crippen LogP contribution in [0.1, 0.15) is 25.5 Å². The van der Waals surface area contributed by atoms with Crippen LogP contribution in [0.5, 0.6) is 0 Å². The van der Waals surface area contributed by atoms with Crippen LogP contribution in [-0.4, -0.2) is 50.3 Å². The number of nitrogens with zero attached hydrogens (tertiary/aromatic N) is 2. The van der Waals surface area contributed by atoms with E-state index in [4.69, 9.17) is 33.7 Å². The molecular formula is C17H26Cl2N4O. The van der Waals surface area contributed by atoms with Crippen LogP contribution in [0, 0.1) is 5.92 Å². The van der Waals surface area contributed by atoms with Crippen LogP contribution in [0.25, 0.3) is 0 Å². The van der Waals surface area contributed by atoms with E-state index < -0.39 is 0 Å². The van der Waals surface area contributed by atoms with Gasteiger partial charge in [-0.25, -0.2) is 0 Å². The van der Waals surface area contributed by atoms with Crippen LogP contribution < -0.4 is 11.1 Å². The van der Waals surface area contributed by atoms with E-state index in [1.165, 1.54) is 0 Å². The van der Waals surface area contributed by atoms with Crippen molar-refractivity contribution in [2.45, 2.75) is 19.9 Å². The number of rotatable bonds is 6. The first-order valence-electron chi connectivity index (χ1n) is 8.27. The molecule has 0 aromatic heterocycles. The van der Waals surface area contributed by atoms with E-state index in [0.717, 1.165) is 38.4 Å². The molecule has 1 heterocycles. The van der Waals surface area contributed by atoms with Crippen molar-refractivity contribution in [2.75, 3.05) is 39.4 Å². The van der Waals surface area contributed by atoms with Crippen LogP contribution in [0.2, 0.25) is 10.0 Å². The molecule has 0 aliphatic carbocycles. The SMILES string of the molecule is CC(CN=C(N)NC(C)c1ccc(Cl)cc1Cl)CN1CCOCC1. The van der Waals surface area contributed by atoms with Gasteiger partial charge in [-0.15, -0.1) is 0 Å². The van der Waals surface area contributed by atoms with E-state index >= 15 is 0 Å². The van der Waals surface area contributed by atoms with Crippen LogP contribution >= 0.6 is 23.2 Å². The van der Waals surface area contributed by atoms with Gasteiger partial charge in [0.15, 0.2) is 5.96 Å². The first-order valence-corrected chi connectivity index (χ1v) is 9.03. The van der Waals surface area contributed by atoms with Gasteiger partial charge >= 0.3 is 0 Å². The number of morpholine rings is 1. The number of guanidine groups is 1. The summed E-state index contributed by atoms with van der Waals surface area (Å²) in [6.07, 6.45) is 0. The predicted octanol–water partition coefficient (Wildman–Crippen LogP) is 2.93. The van der Waals surface area contributed by atoms with Gasteiger partial charge in [0, 0.05) is 36.2 Å². The van der Waals surface area contributed by atoms with Gasteiger partial charge in [-0.05, 0) is 30.5 Å². The van der Waals surface area contributed by atoms with Gasteiger partial charge < -0.3 is 15.8 Å². The van der Waals surface area contributed by atoms with Crippen molar-refractivity contribution >= 4 is 29.2 Å². The number of nitrogens with two attached hydrogens (primary N) is 1. The molecule has 0 spiro atoms. The highest BCUT2D eigenvalue weighted by Crippen LogP contribution is 2.25. The summed E-state index contributed by atoms with van der Waals surface area (Å²) in [6.45, 7) is 9.51. The first kappa shape index (κ1) is 19.3. The van der Waals surface area contributed by atoms with Gasteiger partial charge in [-0.3, -0.25) is 9.89 Å². The summed E-state index contributed by atoms with van der Waals surface area (Å²) in [5, 5.41) is 4.42. The molecule has 2 rings (SSSR count). The summed E-state index contributed by atoms with van der Waals surface area (Å²) in [7, 11) is 0. The summed E-state index contributed by atoms with van der Waals surface area (Å²) in [4.78, 5) is 6.86. The topological polar surface area (TPSA) is 62.9 Å². The van der Waals surface area contributed by atoms with Crippen LogP contribution in [0.15, 0.2) is 23.2 Å². The number of hydrogen-bond acceptors (Lipinski definition) is 3. The molecule has 0 saturated carbocycles. The normalized spacial score (nSPS) is 19.1. The Bertz CT molecular complexity index is 562. The van der Waals surface area contributed by atoms with E-state index in [2.05, 4.69) is 22.1 Å². The van der Waals surface area contributed by atoms with Crippen molar-refractivity contribution in [3.8, 4) is 0 Å². The molecule has 5 nitrogen and oxygen atoms in total. The van der Waals surface area contributed by atoms with E-state index in [-0.39, 0.29) is 6.04 Å². The number of halogens is 2.